The zero-order valence-electron chi connectivity index (χ0n) is 8.51. The van der Waals surface area contributed by atoms with Gasteiger partial charge in [0, 0.05) is 10.4 Å². The molecular weight excluding hydrogens is 240 g/mol. The normalized spacial score (nSPS) is 10.3. The molecule has 1 aromatic rings. The summed E-state index contributed by atoms with van der Waals surface area (Å²) in [4.78, 5) is 0. The number of hydrogen-bond acceptors (Lipinski definition) is 1. The third-order valence-corrected chi connectivity index (χ3v) is 2.67. The Balaban J connectivity index is 3.01. The van der Waals surface area contributed by atoms with Crippen LogP contribution >= 0.6 is 15.9 Å². The van der Waals surface area contributed by atoms with E-state index in [0.717, 1.165) is 21.7 Å². The summed E-state index contributed by atoms with van der Waals surface area (Å²) in [6, 6.07) is 5.96. The van der Waals surface area contributed by atoms with Crippen LogP contribution in [0.5, 0.6) is 5.75 Å². The lowest BCUT2D eigenvalue weighted by Crippen LogP contribution is -1.95. The predicted molar refractivity (Wildman–Crippen MR) is 63.5 cm³/mol. The molecule has 0 amide bonds. The van der Waals surface area contributed by atoms with E-state index in [1.165, 1.54) is 0 Å². The molecule has 2 heteroatoms. The molecule has 0 fully saturated rings. The van der Waals surface area contributed by atoms with Crippen LogP contribution in [0.3, 0.4) is 0 Å². The van der Waals surface area contributed by atoms with Crippen molar-refractivity contribution in [3.05, 3.63) is 46.8 Å². The fourth-order valence-corrected chi connectivity index (χ4v) is 1.73. The van der Waals surface area contributed by atoms with E-state index in [4.69, 9.17) is 4.74 Å². The van der Waals surface area contributed by atoms with Gasteiger partial charge in [0.2, 0.25) is 0 Å². The average molecular weight is 254 g/mol. The molecule has 0 N–H and O–H groups in total. The largest absolute Gasteiger partial charge is 0.494 e. The summed E-state index contributed by atoms with van der Waals surface area (Å²) in [7, 11) is 0. The van der Waals surface area contributed by atoms with Gasteiger partial charge in [0.1, 0.15) is 5.75 Å². The van der Waals surface area contributed by atoms with Crippen LogP contribution in [-0.4, -0.2) is 6.61 Å². The van der Waals surface area contributed by atoms with Gasteiger partial charge in [-0.2, -0.15) is 0 Å². The van der Waals surface area contributed by atoms with Crippen LogP contribution < -0.4 is 4.74 Å². The smallest absolute Gasteiger partial charge is 0.119 e. The molecule has 0 aliphatic heterocycles. The van der Waals surface area contributed by atoms with Gasteiger partial charge in [-0.25, -0.2) is 0 Å². The molecular formula is C12H14BrO. The zero-order chi connectivity index (χ0) is 10.6. The molecule has 1 rings (SSSR count). The number of benzene rings is 1. The number of ether oxygens (including phenoxy) is 1. The summed E-state index contributed by atoms with van der Waals surface area (Å²) in [5.41, 5.74) is 1.13. The lowest BCUT2D eigenvalue weighted by atomic mass is 10.0. The number of allylic oxidation sites excluding steroid dienone is 1. The maximum absolute atomic E-state index is 5.43. The second kappa shape index (κ2) is 5.20. The molecule has 0 aliphatic carbocycles. The van der Waals surface area contributed by atoms with Gasteiger partial charge in [-0.15, -0.1) is 6.58 Å². The highest BCUT2D eigenvalue weighted by atomic mass is 79.9. The molecule has 0 spiro atoms. The number of hydrogen-bond donors (Lipinski definition) is 0. The molecule has 0 unspecified atom stereocenters. The van der Waals surface area contributed by atoms with Gasteiger partial charge in [0.05, 0.1) is 6.61 Å². The summed E-state index contributed by atoms with van der Waals surface area (Å²) in [5.74, 6) is 2.03. The van der Waals surface area contributed by atoms with Crippen LogP contribution in [0.25, 0.3) is 0 Å². The first-order valence-corrected chi connectivity index (χ1v) is 5.37. The van der Waals surface area contributed by atoms with E-state index >= 15 is 0 Å². The number of rotatable bonds is 4. The quantitative estimate of drug-likeness (QED) is 0.789. The highest BCUT2D eigenvalue weighted by Gasteiger charge is 2.07. The van der Waals surface area contributed by atoms with E-state index in [-0.39, 0.29) is 0 Å². The van der Waals surface area contributed by atoms with Crippen LogP contribution in [0.4, 0.5) is 0 Å². The summed E-state index contributed by atoms with van der Waals surface area (Å²) in [6.45, 7) is 8.45. The first kappa shape index (κ1) is 11.3. The van der Waals surface area contributed by atoms with Gasteiger partial charge in [0.25, 0.3) is 0 Å². The fourth-order valence-electron chi connectivity index (χ4n) is 1.17. The van der Waals surface area contributed by atoms with Crippen LogP contribution in [0.2, 0.25) is 0 Å². The van der Waals surface area contributed by atoms with Crippen molar-refractivity contribution in [3.63, 3.8) is 0 Å². The third-order valence-electron chi connectivity index (χ3n) is 1.98. The topological polar surface area (TPSA) is 9.23 Å². The molecule has 0 saturated heterocycles. The van der Waals surface area contributed by atoms with Gasteiger partial charge in [-0.05, 0) is 30.7 Å². The summed E-state index contributed by atoms with van der Waals surface area (Å²) in [6.07, 6.45) is 1.84. The van der Waals surface area contributed by atoms with E-state index in [1.807, 2.05) is 38.1 Å². The fraction of sp³-hybridized carbons (Fsp3) is 0.250. The Labute approximate surface area is 93.9 Å². The molecule has 0 aliphatic rings. The highest BCUT2D eigenvalue weighted by Crippen LogP contribution is 2.28. The first-order chi connectivity index (χ1) is 6.69. The number of halogens is 1. The van der Waals surface area contributed by atoms with Crippen molar-refractivity contribution in [2.75, 3.05) is 6.61 Å². The Hall–Kier alpha value is -0.760. The Morgan fingerprint density at radius 1 is 1.57 bits per heavy atom. The third kappa shape index (κ3) is 2.61. The minimum Gasteiger partial charge on any atom is -0.494 e. The van der Waals surface area contributed by atoms with Gasteiger partial charge < -0.3 is 4.74 Å². The van der Waals surface area contributed by atoms with Crippen LogP contribution in [-0.2, 0) is 0 Å². The highest BCUT2D eigenvalue weighted by molar-refractivity contribution is 9.10. The van der Waals surface area contributed by atoms with Crippen molar-refractivity contribution >= 4 is 15.9 Å². The molecule has 0 aromatic heterocycles. The van der Waals surface area contributed by atoms with Crippen LogP contribution in [0.1, 0.15) is 19.4 Å². The molecule has 1 radical (unpaired) electrons. The molecule has 75 valence electrons. The van der Waals surface area contributed by atoms with Gasteiger partial charge >= 0.3 is 0 Å². The van der Waals surface area contributed by atoms with Crippen molar-refractivity contribution in [2.45, 2.75) is 13.8 Å². The second-order valence-corrected chi connectivity index (χ2v) is 3.82. The van der Waals surface area contributed by atoms with E-state index in [9.17, 15) is 0 Å². The summed E-state index contributed by atoms with van der Waals surface area (Å²) >= 11 is 3.50. The van der Waals surface area contributed by atoms with Gasteiger partial charge in [-0.1, -0.05) is 28.9 Å². The first-order valence-electron chi connectivity index (χ1n) is 4.57. The summed E-state index contributed by atoms with van der Waals surface area (Å²) < 4.78 is 6.50. The standard InChI is InChI=1S/C12H14BrO/c1-4-9(3)11-8-10(14-5-2)6-7-12(11)13/h4,6-8H,1,5H2,2-3H3. The molecule has 0 saturated carbocycles. The van der Waals surface area contributed by atoms with Crippen LogP contribution in [0, 0.1) is 5.92 Å². The van der Waals surface area contributed by atoms with Crippen LogP contribution in [0.15, 0.2) is 35.3 Å². The molecule has 14 heavy (non-hydrogen) atoms. The Bertz CT molecular complexity index is 320. The summed E-state index contributed by atoms with van der Waals surface area (Å²) in [5, 5.41) is 0. The minimum absolute atomic E-state index is 0.689. The van der Waals surface area contributed by atoms with Gasteiger partial charge in [-0.3, -0.25) is 0 Å². The van der Waals surface area contributed by atoms with Crippen molar-refractivity contribution in [1.29, 1.82) is 0 Å². The lowest BCUT2D eigenvalue weighted by molar-refractivity contribution is 0.340. The van der Waals surface area contributed by atoms with Crippen molar-refractivity contribution in [3.8, 4) is 5.75 Å². The molecule has 1 nitrogen and oxygen atoms in total. The maximum atomic E-state index is 5.43. The van der Waals surface area contributed by atoms with E-state index in [2.05, 4.69) is 22.5 Å². The average Bonchev–Trinajstić information content (AvgIpc) is 2.20. The molecule has 0 bridgehead atoms. The van der Waals surface area contributed by atoms with Gasteiger partial charge in [0.15, 0.2) is 0 Å². The predicted octanol–water partition coefficient (Wildman–Crippen LogP) is 3.98. The van der Waals surface area contributed by atoms with E-state index in [1.54, 1.807) is 0 Å². The van der Waals surface area contributed by atoms with E-state index in [0.29, 0.717) is 6.61 Å². The van der Waals surface area contributed by atoms with Crippen molar-refractivity contribution < 1.29 is 4.74 Å². The SMILES string of the molecule is C=C[C](C)c1cc(OCC)ccc1Br. The molecule has 0 heterocycles. The molecule has 1 aromatic carbocycles. The zero-order valence-corrected chi connectivity index (χ0v) is 10.1. The van der Waals surface area contributed by atoms with Crippen molar-refractivity contribution in [1.82, 2.24) is 0 Å². The monoisotopic (exact) mass is 253 g/mol. The Kier molecular flexibility index (Phi) is 4.21. The van der Waals surface area contributed by atoms with E-state index < -0.39 is 0 Å². The second-order valence-electron chi connectivity index (χ2n) is 2.96. The Morgan fingerprint density at radius 2 is 2.29 bits per heavy atom. The minimum atomic E-state index is 0.689. The maximum Gasteiger partial charge on any atom is 0.119 e. The lowest BCUT2D eigenvalue weighted by Gasteiger charge is -2.11. The molecule has 0 atom stereocenters. The van der Waals surface area contributed by atoms with Crippen molar-refractivity contribution in [2.24, 2.45) is 0 Å². The Morgan fingerprint density at radius 3 is 2.86 bits per heavy atom.